The molecule has 138 valence electrons. The molecule has 1 aromatic rings. The van der Waals surface area contributed by atoms with Gasteiger partial charge in [0.25, 0.3) is 0 Å². The molecule has 0 aromatic heterocycles. The van der Waals surface area contributed by atoms with Crippen molar-refractivity contribution in [3.05, 3.63) is 35.9 Å². The average Bonchev–Trinajstić information content (AvgIpc) is 2.64. The van der Waals surface area contributed by atoms with Crippen LogP contribution in [0.15, 0.2) is 30.3 Å². The normalized spacial score (nSPS) is 17.4. The first-order chi connectivity index (χ1) is 12.2. The average molecular weight is 343 g/mol. The van der Waals surface area contributed by atoms with Gasteiger partial charge in [0, 0.05) is 6.42 Å². The van der Waals surface area contributed by atoms with Crippen molar-refractivity contribution in [2.24, 2.45) is 11.8 Å². The molecule has 0 amide bonds. The molecule has 0 heterocycles. The van der Waals surface area contributed by atoms with Crippen LogP contribution in [0.4, 0.5) is 0 Å². The minimum absolute atomic E-state index is 0.146. The van der Waals surface area contributed by atoms with Gasteiger partial charge in [0.15, 0.2) is 0 Å². The molecule has 0 saturated carbocycles. The maximum atomic E-state index is 11.6. The molecule has 2 heteroatoms. The molecule has 0 bridgehead atoms. The first-order valence-electron chi connectivity index (χ1n) is 10.2. The summed E-state index contributed by atoms with van der Waals surface area (Å²) in [6.07, 6.45) is 12.8. The maximum Gasteiger partial charge on any atom is 0.311 e. The molecule has 0 fully saturated rings. The van der Waals surface area contributed by atoms with E-state index in [-0.39, 0.29) is 5.97 Å². The second kappa shape index (κ2) is 10.4. The molecular weight excluding hydrogens is 308 g/mol. The van der Waals surface area contributed by atoms with Crippen molar-refractivity contribution in [2.45, 2.75) is 78.6 Å². The Hall–Kier alpha value is -1.57. The highest BCUT2D eigenvalue weighted by Gasteiger charge is 2.17. The third-order valence-corrected chi connectivity index (χ3v) is 5.57. The minimum atomic E-state index is -0.146. The smallest absolute Gasteiger partial charge is 0.311 e. The number of esters is 1. The molecule has 2 rings (SSSR count). The van der Waals surface area contributed by atoms with E-state index >= 15 is 0 Å². The van der Waals surface area contributed by atoms with Crippen LogP contribution in [0, 0.1) is 11.8 Å². The highest BCUT2D eigenvalue weighted by molar-refractivity contribution is 5.73. The summed E-state index contributed by atoms with van der Waals surface area (Å²) in [5.74, 6) is 2.28. The van der Waals surface area contributed by atoms with Crippen LogP contribution in [0.3, 0.4) is 0 Å². The molecule has 1 aromatic carbocycles. The Morgan fingerprint density at radius 3 is 2.44 bits per heavy atom. The van der Waals surface area contributed by atoms with Crippen molar-refractivity contribution in [3.8, 4) is 5.75 Å². The molecule has 0 N–H and O–H groups in total. The van der Waals surface area contributed by atoms with Gasteiger partial charge in [0.1, 0.15) is 5.75 Å². The number of carbonyl (C=O) groups excluding carboxylic acids is 1. The van der Waals surface area contributed by atoms with E-state index in [1.807, 2.05) is 19.1 Å². The van der Waals surface area contributed by atoms with Gasteiger partial charge in [-0.3, -0.25) is 4.79 Å². The highest BCUT2D eigenvalue weighted by Crippen LogP contribution is 2.34. The SMILES string of the molecule is CCCC(=O)Oc1ccc(C2=CCC(CCC(CC)CC)CC2)cc1. The van der Waals surface area contributed by atoms with Gasteiger partial charge in [-0.1, -0.05) is 58.2 Å². The Bertz CT molecular complexity index is 552. The van der Waals surface area contributed by atoms with E-state index < -0.39 is 0 Å². The molecule has 0 saturated heterocycles. The van der Waals surface area contributed by atoms with Crippen molar-refractivity contribution < 1.29 is 9.53 Å². The fourth-order valence-corrected chi connectivity index (χ4v) is 3.70. The van der Waals surface area contributed by atoms with Crippen LogP contribution in [0.5, 0.6) is 5.75 Å². The van der Waals surface area contributed by atoms with E-state index in [0.717, 1.165) is 18.3 Å². The molecule has 1 atom stereocenters. The van der Waals surface area contributed by atoms with Gasteiger partial charge in [0.05, 0.1) is 0 Å². The molecule has 2 nitrogen and oxygen atoms in total. The van der Waals surface area contributed by atoms with Crippen LogP contribution >= 0.6 is 0 Å². The molecule has 1 aliphatic carbocycles. The molecule has 0 aliphatic heterocycles. The lowest BCUT2D eigenvalue weighted by Crippen LogP contribution is -2.08. The number of benzene rings is 1. The fraction of sp³-hybridized carbons (Fsp3) is 0.609. The van der Waals surface area contributed by atoms with Crippen LogP contribution in [0.25, 0.3) is 5.57 Å². The first-order valence-corrected chi connectivity index (χ1v) is 10.2. The lowest BCUT2D eigenvalue weighted by molar-refractivity contribution is -0.134. The zero-order valence-electron chi connectivity index (χ0n) is 16.2. The predicted octanol–water partition coefficient (Wildman–Crippen LogP) is 6.79. The second-order valence-electron chi connectivity index (χ2n) is 7.38. The Labute approximate surface area is 153 Å². The number of carbonyl (C=O) groups is 1. The lowest BCUT2D eigenvalue weighted by Gasteiger charge is -2.24. The lowest BCUT2D eigenvalue weighted by atomic mass is 9.82. The van der Waals surface area contributed by atoms with Gasteiger partial charge in [-0.05, 0) is 67.2 Å². The number of allylic oxidation sites excluding steroid dienone is 2. The van der Waals surface area contributed by atoms with Crippen LogP contribution in [-0.4, -0.2) is 5.97 Å². The summed E-state index contributed by atoms with van der Waals surface area (Å²) in [5.41, 5.74) is 2.72. The monoisotopic (exact) mass is 342 g/mol. The predicted molar refractivity (Wildman–Crippen MR) is 106 cm³/mol. The molecule has 0 spiro atoms. The summed E-state index contributed by atoms with van der Waals surface area (Å²) >= 11 is 0. The van der Waals surface area contributed by atoms with Crippen molar-refractivity contribution in [3.63, 3.8) is 0 Å². The topological polar surface area (TPSA) is 26.3 Å². The third-order valence-electron chi connectivity index (χ3n) is 5.57. The Morgan fingerprint density at radius 2 is 1.88 bits per heavy atom. The quantitative estimate of drug-likeness (QED) is 0.365. The molecule has 1 unspecified atom stereocenters. The zero-order chi connectivity index (χ0) is 18.1. The van der Waals surface area contributed by atoms with Crippen molar-refractivity contribution in [1.29, 1.82) is 0 Å². The first kappa shape index (κ1) is 19.8. The van der Waals surface area contributed by atoms with Gasteiger partial charge in [-0.15, -0.1) is 0 Å². The zero-order valence-corrected chi connectivity index (χ0v) is 16.2. The Kier molecular flexibility index (Phi) is 8.24. The van der Waals surface area contributed by atoms with Crippen LogP contribution in [0.2, 0.25) is 0 Å². The molecule has 0 radical (unpaired) electrons. The van der Waals surface area contributed by atoms with Gasteiger partial charge in [-0.2, -0.15) is 0 Å². The van der Waals surface area contributed by atoms with Gasteiger partial charge >= 0.3 is 5.97 Å². The molecule has 25 heavy (non-hydrogen) atoms. The van der Waals surface area contributed by atoms with E-state index in [4.69, 9.17) is 4.74 Å². The van der Waals surface area contributed by atoms with E-state index in [1.54, 1.807) is 0 Å². The summed E-state index contributed by atoms with van der Waals surface area (Å²) in [5, 5.41) is 0. The van der Waals surface area contributed by atoms with E-state index in [1.165, 1.54) is 56.1 Å². The van der Waals surface area contributed by atoms with Crippen molar-refractivity contribution in [1.82, 2.24) is 0 Å². The Balaban J connectivity index is 1.85. The van der Waals surface area contributed by atoms with Crippen molar-refractivity contribution in [2.75, 3.05) is 0 Å². The maximum absolute atomic E-state index is 11.6. The minimum Gasteiger partial charge on any atom is -0.427 e. The van der Waals surface area contributed by atoms with Gasteiger partial charge in [-0.25, -0.2) is 0 Å². The molecular formula is C23H34O2. The number of hydrogen-bond acceptors (Lipinski definition) is 2. The number of hydrogen-bond donors (Lipinski definition) is 0. The fourth-order valence-electron chi connectivity index (χ4n) is 3.70. The highest BCUT2D eigenvalue weighted by atomic mass is 16.5. The standard InChI is InChI=1S/C23H34O2/c1-4-7-23(24)25-22-16-14-21(15-17-22)20-12-10-19(11-13-20)9-8-18(5-2)6-3/h12,14-19H,4-11,13H2,1-3H3. The third kappa shape index (κ3) is 6.34. The summed E-state index contributed by atoms with van der Waals surface area (Å²) in [4.78, 5) is 11.6. The molecule has 1 aliphatic rings. The summed E-state index contributed by atoms with van der Waals surface area (Å²) in [6, 6.07) is 8.02. The summed E-state index contributed by atoms with van der Waals surface area (Å²) < 4.78 is 5.33. The van der Waals surface area contributed by atoms with E-state index in [9.17, 15) is 4.79 Å². The van der Waals surface area contributed by atoms with E-state index in [0.29, 0.717) is 12.2 Å². The number of ether oxygens (including phenoxy) is 1. The van der Waals surface area contributed by atoms with Crippen LogP contribution in [-0.2, 0) is 4.79 Å². The second-order valence-corrected chi connectivity index (χ2v) is 7.38. The van der Waals surface area contributed by atoms with Gasteiger partial charge < -0.3 is 4.74 Å². The largest absolute Gasteiger partial charge is 0.427 e. The van der Waals surface area contributed by atoms with E-state index in [2.05, 4.69) is 32.1 Å². The van der Waals surface area contributed by atoms with Crippen LogP contribution < -0.4 is 4.74 Å². The Morgan fingerprint density at radius 1 is 1.16 bits per heavy atom. The summed E-state index contributed by atoms with van der Waals surface area (Å²) in [7, 11) is 0. The van der Waals surface area contributed by atoms with Crippen LogP contribution in [0.1, 0.15) is 84.1 Å². The summed E-state index contributed by atoms with van der Waals surface area (Å²) in [6.45, 7) is 6.62. The van der Waals surface area contributed by atoms with Crippen molar-refractivity contribution >= 4 is 11.5 Å². The number of rotatable bonds is 9. The van der Waals surface area contributed by atoms with Gasteiger partial charge in [0.2, 0.25) is 0 Å².